The van der Waals surface area contributed by atoms with Crippen molar-refractivity contribution in [1.29, 1.82) is 0 Å². The van der Waals surface area contributed by atoms with Crippen LogP contribution in [0, 0.1) is 0 Å². The van der Waals surface area contributed by atoms with E-state index in [1.54, 1.807) is 30.3 Å². The van der Waals surface area contributed by atoms with Crippen molar-refractivity contribution in [2.24, 2.45) is 0 Å². The lowest BCUT2D eigenvalue weighted by Gasteiger charge is -2.11. The van der Waals surface area contributed by atoms with Crippen molar-refractivity contribution in [3.63, 3.8) is 0 Å². The van der Waals surface area contributed by atoms with Gasteiger partial charge in [0.05, 0.1) is 11.1 Å². The van der Waals surface area contributed by atoms with Gasteiger partial charge in [0.2, 0.25) is 0 Å². The van der Waals surface area contributed by atoms with Crippen LogP contribution in [-0.2, 0) is 0 Å². The molecule has 0 atom stereocenters. The van der Waals surface area contributed by atoms with Gasteiger partial charge in [-0.1, -0.05) is 6.07 Å². The van der Waals surface area contributed by atoms with Gasteiger partial charge in [-0.05, 0) is 54.6 Å². The summed E-state index contributed by atoms with van der Waals surface area (Å²) < 4.78 is 0. The molecule has 132 valence electrons. The molecular weight excluding hydrogens is 346 g/mol. The number of fused-ring (bicyclic) bond motifs is 1. The molecule has 0 spiro atoms. The summed E-state index contributed by atoms with van der Waals surface area (Å²) in [5.41, 5.74) is 1.12. The zero-order valence-corrected chi connectivity index (χ0v) is 13.9. The van der Waals surface area contributed by atoms with Crippen LogP contribution in [0.3, 0.4) is 0 Å². The van der Waals surface area contributed by atoms with Crippen molar-refractivity contribution in [3.05, 3.63) is 83.6 Å². The minimum absolute atomic E-state index is 0.0873. The van der Waals surface area contributed by atoms with Crippen LogP contribution in [0.1, 0.15) is 31.1 Å². The number of amides is 3. The van der Waals surface area contributed by atoms with Crippen molar-refractivity contribution in [3.8, 4) is 5.75 Å². The van der Waals surface area contributed by atoms with E-state index >= 15 is 0 Å². The lowest BCUT2D eigenvalue weighted by Crippen LogP contribution is -2.30. The Morgan fingerprint density at radius 1 is 0.926 bits per heavy atom. The highest BCUT2D eigenvalue weighted by Gasteiger charge is 2.37. The van der Waals surface area contributed by atoms with Crippen LogP contribution in [0.15, 0.2) is 66.9 Å². The fourth-order valence-electron chi connectivity index (χ4n) is 2.82. The van der Waals surface area contributed by atoms with E-state index in [1.165, 1.54) is 36.5 Å². The third-order valence-corrected chi connectivity index (χ3v) is 4.15. The van der Waals surface area contributed by atoms with E-state index < -0.39 is 17.7 Å². The summed E-state index contributed by atoms with van der Waals surface area (Å²) in [5.74, 6) is -1.10. The molecule has 0 saturated heterocycles. The van der Waals surface area contributed by atoms with Crippen LogP contribution in [0.5, 0.6) is 5.75 Å². The molecule has 7 nitrogen and oxygen atoms in total. The summed E-state index contributed by atoms with van der Waals surface area (Å²) in [7, 11) is 0. The van der Waals surface area contributed by atoms with E-state index in [9.17, 15) is 19.5 Å². The number of hydrogen-bond acceptors (Lipinski definition) is 5. The number of aromatic nitrogens is 1. The molecule has 1 aliphatic rings. The van der Waals surface area contributed by atoms with Crippen LogP contribution in [-0.4, -0.2) is 27.8 Å². The number of hydrogen-bond donors (Lipinski definition) is 2. The molecule has 4 rings (SSSR count). The van der Waals surface area contributed by atoms with Gasteiger partial charge in [-0.2, -0.15) is 0 Å². The normalized spacial score (nSPS) is 12.8. The average Bonchev–Trinajstić information content (AvgIpc) is 2.94. The number of rotatable bonds is 3. The van der Waals surface area contributed by atoms with Crippen molar-refractivity contribution in [2.75, 3.05) is 10.2 Å². The molecule has 1 aromatic heterocycles. The van der Waals surface area contributed by atoms with Crippen molar-refractivity contribution in [1.82, 2.24) is 4.98 Å². The topological polar surface area (TPSA) is 99.6 Å². The highest BCUT2D eigenvalue weighted by Crippen LogP contribution is 2.28. The first kappa shape index (κ1) is 16.5. The summed E-state index contributed by atoms with van der Waals surface area (Å²) in [6.45, 7) is 0. The van der Waals surface area contributed by atoms with Crippen molar-refractivity contribution >= 4 is 29.2 Å². The Kier molecular flexibility index (Phi) is 3.89. The van der Waals surface area contributed by atoms with E-state index in [0.29, 0.717) is 5.69 Å². The van der Waals surface area contributed by atoms with Gasteiger partial charge in [-0.15, -0.1) is 0 Å². The zero-order valence-electron chi connectivity index (χ0n) is 13.9. The second-order valence-corrected chi connectivity index (χ2v) is 5.90. The largest absolute Gasteiger partial charge is 0.508 e. The highest BCUT2D eigenvalue weighted by molar-refractivity contribution is 6.34. The molecule has 0 bridgehead atoms. The minimum Gasteiger partial charge on any atom is -0.508 e. The number of carbonyl (C=O) groups excluding carboxylic acids is 3. The molecule has 3 amide bonds. The third-order valence-electron chi connectivity index (χ3n) is 4.15. The van der Waals surface area contributed by atoms with Gasteiger partial charge in [0.1, 0.15) is 11.6 Å². The SMILES string of the molecule is O=C(Nc1ccc(O)cc1)c1ccc2c(c1)C(=O)N(c1ccccn1)C2=O. The zero-order chi connectivity index (χ0) is 19.0. The van der Waals surface area contributed by atoms with Crippen LogP contribution in [0.2, 0.25) is 0 Å². The number of pyridine rings is 1. The summed E-state index contributed by atoms with van der Waals surface area (Å²) in [6.07, 6.45) is 1.50. The number of carbonyl (C=O) groups is 3. The minimum atomic E-state index is -0.520. The Labute approximate surface area is 153 Å². The number of benzene rings is 2. The molecule has 1 aliphatic heterocycles. The predicted octanol–water partition coefficient (Wildman–Crippen LogP) is 2.84. The van der Waals surface area contributed by atoms with E-state index in [2.05, 4.69) is 10.3 Å². The molecule has 2 aromatic carbocycles. The lowest BCUT2D eigenvalue weighted by molar-refractivity contribution is 0.0924. The van der Waals surface area contributed by atoms with Gasteiger partial charge >= 0.3 is 0 Å². The number of phenolic OH excluding ortho intramolecular Hbond substituents is 1. The molecule has 0 radical (unpaired) electrons. The summed E-state index contributed by atoms with van der Waals surface area (Å²) in [5, 5.41) is 12.0. The standard InChI is InChI=1S/C20H13N3O4/c24-14-7-5-13(6-8-14)22-18(25)12-4-9-15-16(11-12)20(27)23(19(15)26)17-3-1-2-10-21-17/h1-11,24H,(H,22,25). The first-order chi connectivity index (χ1) is 13.0. The van der Waals surface area contributed by atoms with Gasteiger partial charge in [-0.25, -0.2) is 9.88 Å². The monoisotopic (exact) mass is 359 g/mol. The summed E-state index contributed by atoms with van der Waals surface area (Å²) in [4.78, 5) is 42.7. The van der Waals surface area contributed by atoms with Gasteiger partial charge in [0, 0.05) is 17.4 Å². The number of anilines is 2. The second kappa shape index (κ2) is 6.38. The Balaban J connectivity index is 1.63. The average molecular weight is 359 g/mol. The number of imide groups is 1. The molecule has 3 aromatic rings. The van der Waals surface area contributed by atoms with E-state index in [4.69, 9.17) is 0 Å². The maximum Gasteiger partial charge on any atom is 0.267 e. The molecule has 2 N–H and O–H groups in total. The molecular formula is C20H13N3O4. The fraction of sp³-hybridized carbons (Fsp3) is 0. The van der Waals surface area contributed by atoms with Gasteiger partial charge in [0.15, 0.2) is 0 Å². The van der Waals surface area contributed by atoms with E-state index in [-0.39, 0.29) is 28.3 Å². The van der Waals surface area contributed by atoms with Crippen LogP contribution in [0.25, 0.3) is 0 Å². The van der Waals surface area contributed by atoms with Crippen LogP contribution >= 0.6 is 0 Å². The summed E-state index contributed by atoms with van der Waals surface area (Å²) in [6, 6.07) is 15.3. The van der Waals surface area contributed by atoms with Crippen LogP contribution < -0.4 is 10.2 Å². The van der Waals surface area contributed by atoms with Crippen molar-refractivity contribution < 1.29 is 19.5 Å². The smallest absolute Gasteiger partial charge is 0.267 e. The maximum absolute atomic E-state index is 12.7. The first-order valence-electron chi connectivity index (χ1n) is 8.09. The summed E-state index contributed by atoms with van der Waals surface area (Å²) >= 11 is 0. The Morgan fingerprint density at radius 2 is 1.67 bits per heavy atom. The molecule has 0 saturated carbocycles. The van der Waals surface area contributed by atoms with E-state index in [0.717, 1.165) is 4.90 Å². The van der Waals surface area contributed by atoms with Gasteiger partial charge in [0.25, 0.3) is 17.7 Å². The molecule has 2 heterocycles. The number of phenols is 1. The fourth-order valence-corrected chi connectivity index (χ4v) is 2.82. The molecule has 0 unspecified atom stereocenters. The maximum atomic E-state index is 12.7. The van der Waals surface area contributed by atoms with Gasteiger partial charge < -0.3 is 10.4 Å². The Hall–Kier alpha value is -4.00. The lowest BCUT2D eigenvalue weighted by atomic mass is 10.1. The van der Waals surface area contributed by atoms with Crippen LogP contribution in [0.4, 0.5) is 11.5 Å². The molecule has 0 fully saturated rings. The number of aromatic hydroxyl groups is 1. The molecule has 27 heavy (non-hydrogen) atoms. The number of nitrogens with one attached hydrogen (secondary N) is 1. The highest BCUT2D eigenvalue weighted by atomic mass is 16.3. The number of nitrogens with zero attached hydrogens (tertiary/aromatic N) is 2. The first-order valence-corrected chi connectivity index (χ1v) is 8.09. The molecule has 7 heteroatoms. The van der Waals surface area contributed by atoms with Gasteiger partial charge in [-0.3, -0.25) is 14.4 Å². The second-order valence-electron chi connectivity index (χ2n) is 5.90. The quantitative estimate of drug-likeness (QED) is 0.553. The third kappa shape index (κ3) is 2.91. The molecule has 0 aliphatic carbocycles. The Bertz CT molecular complexity index is 1060. The van der Waals surface area contributed by atoms with E-state index in [1.807, 2.05) is 0 Å². The predicted molar refractivity (Wildman–Crippen MR) is 97.9 cm³/mol. The Morgan fingerprint density at radius 3 is 2.37 bits per heavy atom. The van der Waals surface area contributed by atoms with Crippen molar-refractivity contribution in [2.45, 2.75) is 0 Å².